The molecule has 0 aliphatic rings. The molecule has 0 radical (unpaired) electrons. The first-order valence-corrected chi connectivity index (χ1v) is 13.6. The molecule has 0 aromatic rings. The largest absolute Gasteiger partial charge is 0.0679 e. The van der Waals surface area contributed by atoms with Crippen LogP contribution in [-0.4, -0.2) is 0 Å². The highest BCUT2D eigenvalue weighted by Gasteiger charge is 0.939. The van der Waals surface area contributed by atoms with Gasteiger partial charge in [0.05, 0.1) is 0 Å². The van der Waals surface area contributed by atoms with Crippen LogP contribution in [0, 0.1) is 0 Å². The Morgan fingerprint density at radius 3 is 0.375 bits per heavy atom. The summed E-state index contributed by atoms with van der Waals surface area (Å²) in [6, 6.07) is 0. The van der Waals surface area contributed by atoms with Crippen LogP contribution < -0.4 is 0 Å². The van der Waals surface area contributed by atoms with Gasteiger partial charge >= 0.3 is 0 Å². The zero-order valence-corrected chi connectivity index (χ0v) is 14.8. The summed E-state index contributed by atoms with van der Waals surface area (Å²) in [5.41, 5.74) is 0. The summed E-state index contributed by atoms with van der Waals surface area (Å²) in [5.74, 6) is 0. The van der Waals surface area contributed by atoms with Gasteiger partial charge in [0.1, 0.15) is 0 Å². The van der Waals surface area contributed by atoms with Gasteiger partial charge in [-0.15, -0.1) is 0 Å². The molecule has 56 valence electrons. The van der Waals surface area contributed by atoms with Crippen LogP contribution in [0.25, 0.3) is 0 Å². The van der Waals surface area contributed by atoms with Crippen LogP contribution in [0.15, 0.2) is 0 Å². The van der Waals surface area contributed by atoms with E-state index in [9.17, 15) is 0 Å². The molecule has 0 fully saturated rings. The van der Waals surface area contributed by atoms with Crippen molar-refractivity contribution in [3.05, 3.63) is 0 Å². The Morgan fingerprint density at radius 2 is 0.375 bits per heavy atom. The van der Waals surface area contributed by atoms with Gasteiger partial charge < -0.3 is 0 Å². The van der Waals surface area contributed by atoms with E-state index in [1.807, 2.05) is 0 Å². The van der Waals surface area contributed by atoms with Crippen molar-refractivity contribution in [2.75, 3.05) is 0 Å². The average Bonchev–Trinajstić information content (AvgIpc) is 2.03. The maximum atomic E-state index is 2.85. The van der Waals surface area contributed by atoms with Gasteiger partial charge in [0.25, 0.3) is 0 Å². The second-order valence-corrected chi connectivity index (χ2v) is 0. The Morgan fingerprint density at radius 1 is 0.375 bits per heavy atom. The minimum Gasteiger partial charge on any atom is -0.0679 e. The van der Waals surface area contributed by atoms with Crippen LogP contribution in [0.4, 0.5) is 0 Å². The molecule has 4 atom stereocenters. The smallest absolute Gasteiger partial charge is 0.0652 e. The van der Waals surface area contributed by atoms with Gasteiger partial charge in [-0.2, -0.15) is 0 Å². The van der Waals surface area contributed by atoms with Crippen molar-refractivity contribution < 1.29 is 0 Å². The fraction of sp³-hybridized carbons (Fsp3) is 0. The summed E-state index contributed by atoms with van der Waals surface area (Å²) < 4.78 is 0. The maximum absolute atomic E-state index is 2.85. The first-order chi connectivity index (χ1) is 4.00. The number of halogens is 4. The van der Waals surface area contributed by atoms with Crippen molar-refractivity contribution in [3.63, 3.8) is 0 Å². The maximum Gasteiger partial charge on any atom is -0.0652 e. The molecule has 0 aromatic heterocycles. The van der Waals surface area contributed by atoms with E-state index in [1.54, 1.807) is 0 Å². The topological polar surface area (TPSA) is 0 Å². The van der Waals surface area contributed by atoms with Crippen LogP contribution in [-0.2, 0) is 0 Å². The van der Waals surface area contributed by atoms with Crippen molar-refractivity contribution in [3.8, 4) is 0 Å². The molecule has 0 aliphatic carbocycles. The first-order valence-electron chi connectivity index (χ1n) is 0.873. The molecule has 0 saturated heterocycles. The standard InChI is InChI=1S/4BrH2P/c4*1-2/h4*2H2. The van der Waals surface area contributed by atoms with Crippen LogP contribution in [0.3, 0.4) is 0 Å². The van der Waals surface area contributed by atoms with E-state index < -0.39 is 0 Å². The molecule has 4 unspecified atom stereocenters. The summed E-state index contributed by atoms with van der Waals surface area (Å²) in [4.78, 5) is 0. The zero-order chi connectivity index (χ0) is 8.00. The Labute approximate surface area is 92.6 Å². The van der Waals surface area contributed by atoms with E-state index in [0.717, 1.165) is 0 Å². The predicted molar refractivity (Wildman–Crippen MR) is 74.5 cm³/mol. The van der Waals surface area contributed by atoms with E-state index in [1.165, 1.54) is 0 Å². The molecule has 8 heteroatoms. The monoisotopic (exact) mass is 448 g/mol. The van der Waals surface area contributed by atoms with Gasteiger partial charge in [-0.25, -0.2) is 0 Å². The molecule has 0 nitrogen and oxygen atoms in total. The van der Waals surface area contributed by atoms with Crippen LogP contribution in [0.1, 0.15) is 0 Å². The van der Waals surface area contributed by atoms with Crippen LogP contribution in [0.2, 0.25) is 0 Å². The van der Waals surface area contributed by atoms with Gasteiger partial charge in [0.15, 0.2) is 0 Å². The highest BCUT2D eigenvalue weighted by molar-refractivity contribution is 9.35. The van der Waals surface area contributed by atoms with Gasteiger partial charge in [-0.3, -0.25) is 0 Å². The molecule has 0 spiro atoms. The highest BCUT2D eigenvalue weighted by atomic mass is 79.9. The molecule has 0 bridgehead atoms. The van der Waals surface area contributed by atoms with Crippen LogP contribution >= 0.6 is 93.7 Å². The van der Waals surface area contributed by atoms with E-state index in [4.69, 9.17) is 0 Å². The van der Waals surface area contributed by atoms with Gasteiger partial charge in [-0.05, 0) is 0 Å². The van der Waals surface area contributed by atoms with Crippen molar-refractivity contribution in [2.45, 2.75) is 0 Å². The minimum atomic E-state index is 2.23. The van der Waals surface area contributed by atoms with Gasteiger partial charge in [0.2, 0.25) is 0 Å². The number of hydrogen-bond acceptors (Lipinski definition) is 0. The lowest BCUT2D eigenvalue weighted by molar-refractivity contribution is 6.51. The second-order valence-electron chi connectivity index (χ2n) is 0. The average molecular weight is 452 g/mol. The van der Waals surface area contributed by atoms with Crippen molar-refractivity contribution >= 4 is 93.7 Å². The Kier molecular flexibility index (Phi) is 211. The van der Waals surface area contributed by atoms with Gasteiger partial charge in [-0.1, -0.05) is 93.7 Å². The molecule has 0 amide bonds. The SMILES string of the molecule is PBr.PBr.PBr.PBr. The zero-order valence-electron chi connectivity index (χ0n) is 3.82. The summed E-state index contributed by atoms with van der Waals surface area (Å²) in [7, 11) is 8.92. The molecule has 0 rings (SSSR count). The summed E-state index contributed by atoms with van der Waals surface area (Å²) in [6.45, 7) is 0. The van der Waals surface area contributed by atoms with Crippen molar-refractivity contribution in [1.29, 1.82) is 0 Å². The second kappa shape index (κ2) is 74.6. The Balaban J connectivity index is -0.0000000133. The first kappa shape index (κ1) is 22.6. The Hall–Kier alpha value is 3.64. The molecule has 0 heterocycles. The van der Waals surface area contributed by atoms with Crippen LogP contribution in [0.5, 0.6) is 0 Å². The lowest BCUT2D eigenvalue weighted by Gasteiger charge is -1.07. The fourth-order valence-electron chi connectivity index (χ4n) is 0. The number of rotatable bonds is 0. The Bertz CT molecular complexity index is 8.00. The molecular weight excluding hydrogens is 444 g/mol. The van der Waals surface area contributed by atoms with E-state index in [-0.39, 0.29) is 0 Å². The highest BCUT2D eigenvalue weighted by Crippen LogP contribution is 1.86. The molecule has 0 N–H and O–H groups in total. The molecule has 0 aromatic carbocycles. The van der Waals surface area contributed by atoms with Crippen molar-refractivity contribution in [2.24, 2.45) is 0 Å². The normalized spacial score (nSPS) is 3.00. The van der Waals surface area contributed by atoms with E-state index in [0.29, 0.717) is 0 Å². The summed E-state index contributed by atoms with van der Waals surface area (Å²) >= 11 is 11.4. The van der Waals surface area contributed by atoms with E-state index >= 15 is 0 Å². The third-order valence-electron chi connectivity index (χ3n) is 0. The summed E-state index contributed by atoms with van der Waals surface area (Å²) in [5, 5.41) is 0. The minimum absolute atomic E-state index is 2.23. The van der Waals surface area contributed by atoms with Crippen molar-refractivity contribution in [1.82, 2.24) is 0 Å². The third-order valence-corrected chi connectivity index (χ3v) is 0. The fourth-order valence-corrected chi connectivity index (χ4v) is 0. The molecule has 0 saturated carbocycles. The lowest BCUT2D eigenvalue weighted by Crippen LogP contribution is -0.147. The quantitative estimate of drug-likeness (QED) is 0.469. The summed E-state index contributed by atoms with van der Waals surface area (Å²) in [6.07, 6.45) is 0. The third kappa shape index (κ3) is 54.3. The number of hydrogen-bond donors (Lipinski definition) is 0. The molecular formula is H8Br4P4. The van der Waals surface area contributed by atoms with Gasteiger partial charge in [0, 0.05) is 0 Å². The molecule has 0 aliphatic heterocycles. The molecule has 8 heavy (non-hydrogen) atoms. The lowest BCUT2D eigenvalue weighted by atomic mass is 31.0. The van der Waals surface area contributed by atoms with E-state index in [2.05, 4.69) is 93.7 Å². The predicted octanol–water partition coefficient (Wildman–Crippen LogP) is 4.69.